The lowest BCUT2D eigenvalue weighted by atomic mass is 10.1. The lowest BCUT2D eigenvalue weighted by Gasteiger charge is -2.28. The van der Waals surface area contributed by atoms with Crippen LogP contribution in [0.2, 0.25) is 0 Å². The molecule has 0 saturated carbocycles. The van der Waals surface area contributed by atoms with E-state index in [1.807, 2.05) is 12.1 Å². The van der Waals surface area contributed by atoms with Crippen molar-refractivity contribution in [2.45, 2.75) is 27.2 Å². The molecule has 0 bridgehead atoms. The fourth-order valence-electron chi connectivity index (χ4n) is 2.89. The molecule has 0 aromatic heterocycles. The topological polar surface area (TPSA) is 38.0 Å². The summed E-state index contributed by atoms with van der Waals surface area (Å²) in [6.45, 7) is 13.5. The summed E-state index contributed by atoms with van der Waals surface area (Å²) in [5.41, 5.74) is 3.39. The van der Waals surface area contributed by atoms with Gasteiger partial charge in [0.25, 0.3) is 0 Å². The van der Waals surface area contributed by atoms with Crippen LogP contribution < -0.4 is 15.1 Å². The second-order valence-corrected chi connectivity index (χ2v) is 6.20. The van der Waals surface area contributed by atoms with Gasteiger partial charge in [-0.2, -0.15) is 0 Å². The fourth-order valence-corrected chi connectivity index (χ4v) is 2.89. The number of hydrogen-bond donors (Lipinski definition) is 3. The Morgan fingerprint density at radius 2 is 1.76 bits per heavy atom. The van der Waals surface area contributed by atoms with E-state index >= 15 is 0 Å². The Hall–Kier alpha value is -1.39. The number of benzene rings is 1. The third-order valence-electron chi connectivity index (χ3n) is 4.66. The Kier molecular flexibility index (Phi) is 5.76. The smallest absolute Gasteiger partial charge is 0.230 e. The predicted octanol–water partition coefficient (Wildman–Crippen LogP) is -0.565. The van der Waals surface area contributed by atoms with Crippen LogP contribution >= 0.6 is 0 Å². The highest BCUT2D eigenvalue weighted by Crippen LogP contribution is 2.14. The van der Waals surface area contributed by atoms with Crippen molar-refractivity contribution in [2.75, 3.05) is 44.6 Å². The number of quaternary nitrogens is 2. The van der Waals surface area contributed by atoms with Gasteiger partial charge in [0, 0.05) is 5.69 Å². The fraction of sp³-hybridized carbons (Fsp3) is 0.588. The van der Waals surface area contributed by atoms with Crippen molar-refractivity contribution in [3.63, 3.8) is 0 Å². The molecule has 1 heterocycles. The van der Waals surface area contributed by atoms with Crippen molar-refractivity contribution < 1.29 is 14.6 Å². The Morgan fingerprint density at radius 3 is 2.38 bits per heavy atom. The Morgan fingerprint density at radius 1 is 1.10 bits per heavy atom. The van der Waals surface area contributed by atoms with E-state index in [0.29, 0.717) is 6.42 Å². The highest BCUT2D eigenvalue weighted by molar-refractivity contribution is 5.90. The number of aryl methyl sites for hydroxylation is 2. The van der Waals surface area contributed by atoms with Gasteiger partial charge in [-0.1, -0.05) is 6.07 Å². The summed E-state index contributed by atoms with van der Waals surface area (Å²) in [5.74, 6) is 0.135. The highest BCUT2D eigenvalue weighted by Gasteiger charge is 2.21. The normalized spacial score (nSPS) is 22.0. The first-order valence-electron chi connectivity index (χ1n) is 8.12. The first-order chi connectivity index (χ1) is 10.1. The van der Waals surface area contributed by atoms with E-state index in [1.165, 1.54) is 43.9 Å². The Balaban J connectivity index is 1.73. The molecule has 1 fully saturated rings. The standard InChI is InChI=1S/C17H27N3O/c1-4-19-9-11-20(12-10-19)8-7-17(21)18-16-6-5-14(2)15(3)13-16/h5-6,13H,4,7-12H2,1-3H3,(H,18,21)/p+2. The minimum absolute atomic E-state index is 0.135. The van der Waals surface area contributed by atoms with Crippen LogP contribution in [0.3, 0.4) is 0 Å². The summed E-state index contributed by atoms with van der Waals surface area (Å²) in [4.78, 5) is 15.3. The molecule has 0 radical (unpaired) electrons. The number of anilines is 1. The average Bonchev–Trinajstić information content (AvgIpc) is 2.49. The van der Waals surface area contributed by atoms with Crippen molar-refractivity contribution in [1.29, 1.82) is 0 Å². The van der Waals surface area contributed by atoms with Crippen LogP contribution in [0.4, 0.5) is 5.69 Å². The zero-order valence-electron chi connectivity index (χ0n) is 13.6. The third-order valence-corrected chi connectivity index (χ3v) is 4.66. The van der Waals surface area contributed by atoms with Crippen molar-refractivity contribution in [3.05, 3.63) is 29.3 Å². The predicted molar refractivity (Wildman–Crippen MR) is 86.0 cm³/mol. The summed E-state index contributed by atoms with van der Waals surface area (Å²) >= 11 is 0. The first kappa shape index (κ1) is 16.0. The summed E-state index contributed by atoms with van der Waals surface area (Å²) in [5, 5.41) is 3.01. The SMILES string of the molecule is CC[NH+]1CC[NH+](CCC(=O)Nc2ccc(C)c(C)c2)CC1. The zero-order chi connectivity index (χ0) is 15.2. The van der Waals surface area contributed by atoms with Gasteiger partial charge in [-0.25, -0.2) is 0 Å². The van der Waals surface area contributed by atoms with Crippen molar-refractivity contribution >= 4 is 11.6 Å². The largest absolute Gasteiger partial charge is 0.326 e. The van der Waals surface area contributed by atoms with Gasteiger partial charge in [0.2, 0.25) is 5.91 Å². The maximum atomic E-state index is 12.0. The molecule has 1 aliphatic rings. The van der Waals surface area contributed by atoms with Gasteiger partial charge in [-0.3, -0.25) is 4.79 Å². The average molecular weight is 291 g/mol. The molecule has 116 valence electrons. The maximum absolute atomic E-state index is 12.0. The van der Waals surface area contributed by atoms with Crippen LogP contribution in [0.5, 0.6) is 0 Å². The van der Waals surface area contributed by atoms with Crippen LogP contribution in [0.1, 0.15) is 24.5 Å². The van der Waals surface area contributed by atoms with E-state index in [0.717, 1.165) is 12.2 Å². The number of rotatable bonds is 5. The summed E-state index contributed by atoms with van der Waals surface area (Å²) < 4.78 is 0. The summed E-state index contributed by atoms with van der Waals surface area (Å²) in [6, 6.07) is 6.09. The number of piperazine rings is 1. The molecule has 4 nitrogen and oxygen atoms in total. The monoisotopic (exact) mass is 291 g/mol. The minimum Gasteiger partial charge on any atom is -0.326 e. The minimum atomic E-state index is 0.135. The second kappa shape index (κ2) is 7.57. The molecule has 21 heavy (non-hydrogen) atoms. The van der Waals surface area contributed by atoms with Crippen LogP contribution in [0.15, 0.2) is 18.2 Å². The quantitative estimate of drug-likeness (QED) is 0.668. The zero-order valence-corrected chi connectivity index (χ0v) is 13.6. The van der Waals surface area contributed by atoms with Gasteiger partial charge < -0.3 is 15.1 Å². The van der Waals surface area contributed by atoms with Gasteiger partial charge in [-0.15, -0.1) is 0 Å². The van der Waals surface area contributed by atoms with E-state index in [-0.39, 0.29) is 5.91 Å². The van der Waals surface area contributed by atoms with Crippen molar-refractivity contribution in [3.8, 4) is 0 Å². The highest BCUT2D eigenvalue weighted by atomic mass is 16.1. The maximum Gasteiger partial charge on any atom is 0.230 e. The van der Waals surface area contributed by atoms with Crippen LogP contribution in [-0.4, -0.2) is 45.2 Å². The number of likely N-dealkylation sites (N-methyl/N-ethyl adjacent to an activating group) is 1. The van der Waals surface area contributed by atoms with E-state index < -0.39 is 0 Å². The summed E-state index contributed by atoms with van der Waals surface area (Å²) in [6.07, 6.45) is 0.615. The second-order valence-electron chi connectivity index (χ2n) is 6.20. The van der Waals surface area contributed by atoms with Crippen LogP contribution in [0.25, 0.3) is 0 Å². The van der Waals surface area contributed by atoms with Gasteiger partial charge >= 0.3 is 0 Å². The van der Waals surface area contributed by atoms with Gasteiger partial charge in [0.1, 0.15) is 26.2 Å². The molecule has 0 aliphatic carbocycles. The Bertz CT molecular complexity index is 479. The molecule has 2 rings (SSSR count). The van der Waals surface area contributed by atoms with Gasteiger partial charge in [0.15, 0.2) is 0 Å². The Labute approximate surface area is 128 Å². The molecule has 1 aliphatic heterocycles. The van der Waals surface area contributed by atoms with Crippen LogP contribution in [-0.2, 0) is 4.79 Å². The number of amides is 1. The lowest BCUT2D eigenvalue weighted by Crippen LogP contribution is -3.28. The molecule has 4 heteroatoms. The molecule has 0 unspecified atom stereocenters. The molecule has 1 amide bonds. The summed E-state index contributed by atoms with van der Waals surface area (Å²) in [7, 11) is 0. The molecule has 3 N–H and O–H groups in total. The van der Waals surface area contributed by atoms with Crippen molar-refractivity contribution in [2.24, 2.45) is 0 Å². The van der Waals surface area contributed by atoms with E-state index in [2.05, 4.69) is 32.2 Å². The number of carbonyl (C=O) groups excluding carboxylic acids is 1. The van der Waals surface area contributed by atoms with E-state index in [1.54, 1.807) is 9.80 Å². The number of nitrogens with one attached hydrogen (secondary N) is 3. The molecular weight excluding hydrogens is 262 g/mol. The van der Waals surface area contributed by atoms with E-state index in [9.17, 15) is 4.79 Å². The molecule has 1 aromatic carbocycles. The van der Waals surface area contributed by atoms with Gasteiger partial charge in [-0.05, 0) is 44.0 Å². The molecule has 0 atom stereocenters. The number of carbonyl (C=O) groups is 1. The third kappa shape index (κ3) is 4.83. The molecular formula is C17H29N3O+2. The first-order valence-corrected chi connectivity index (χ1v) is 8.12. The van der Waals surface area contributed by atoms with Gasteiger partial charge in [0.05, 0.1) is 19.5 Å². The molecule has 1 aromatic rings. The van der Waals surface area contributed by atoms with Crippen molar-refractivity contribution in [1.82, 2.24) is 0 Å². The van der Waals surface area contributed by atoms with E-state index in [4.69, 9.17) is 0 Å². The molecule has 0 spiro atoms. The van der Waals surface area contributed by atoms with Crippen LogP contribution in [0, 0.1) is 13.8 Å². The molecule has 1 saturated heterocycles. The number of hydrogen-bond acceptors (Lipinski definition) is 1. The lowest BCUT2D eigenvalue weighted by molar-refractivity contribution is -1.01.